The molecule has 3 nitrogen and oxygen atoms in total. The van der Waals surface area contributed by atoms with Gasteiger partial charge in [0.2, 0.25) is 0 Å². The van der Waals surface area contributed by atoms with Gasteiger partial charge in [-0.05, 0) is 17.9 Å². The highest BCUT2D eigenvalue weighted by Gasteiger charge is 2.17. The average molecular weight is 196 g/mol. The smallest absolute Gasteiger partial charge is 0.317 e. The predicted octanol–water partition coefficient (Wildman–Crippen LogP) is 1.66. The highest BCUT2D eigenvalue weighted by molar-refractivity contribution is 7.09. The summed E-state index contributed by atoms with van der Waals surface area (Å²) in [6, 6.07) is 4.15. The molecule has 4 heteroatoms. The Hall–Kier alpha value is -1.03. The van der Waals surface area contributed by atoms with E-state index in [4.69, 9.17) is 0 Å². The Balaban J connectivity index is 1.97. The predicted molar refractivity (Wildman–Crippen MR) is 52.7 cm³/mol. The number of hydrogen-bond acceptors (Lipinski definition) is 2. The van der Waals surface area contributed by atoms with Crippen molar-refractivity contribution in [2.75, 3.05) is 13.1 Å². The maximum Gasteiger partial charge on any atom is 0.317 e. The van der Waals surface area contributed by atoms with E-state index in [0.29, 0.717) is 0 Å². The first-order chi connectivity index (χ1) is 6.36. The van der Waals surface area contributed by atoms with Crippen LogP contribution in [0.2, 0.25) is 0 Å². The zero-order valence-electron chi connectivity index (χ0n) is 7.32. The van der Waals surface area contributed by atoms with Gasteiger partial charge < -0.3 is 10.2 Å². The highest BCUT2D eigenvalue weighted by atomic mass is 32.1. The molecule has 0 atom stereocenters. The van der Waals surface area contributed by atoms with Gasteiger partial charge in [0, 0.05) is 18.0 Å². The van der Waals surface area contributed by atoms with Crippen molar-refractivity contribution in [1.82, 2.24) is 10.2 Å². The van der Waals surface area contributed by atoms with Crippen LogP contribution in [-0.4, -0.2) is 24.0 Å². The van der Waals surface area contributed by atoms with E-state index in [9.17, 15) is 4.79 Å². The van der Waals surface area contributed by atoms with Crippen LogP contribution in [0.25, 0.3) is 0 Å². The molecule has 2 rings (SSSR count). The third-order valence-corrected chi connectivity index (χ3v) is 2.96. The first kappa shape index (κ1) is 8.56. The summed E-state index contributed by atoms with van der Waals surface area (Å²) < 4.78 is 0. The SMILES string of the molecule is O=C1NCCCN1Cc1cccs1. The van der Waals surface area contributed by atoms with Crippen LogP contribution in [0.4, 0.5) is 4.79 Å². The summed E-state index contributed by atoms with van der Waals surface area (Å²) in [6.07, 6.45) is 1.05. The van der Waals surface area contributed by atoms with Crippen molar-refractivity contribution in [3.05, 3.63) is 22.4 Å². The minimum atomic E-state index is 0.0691. The maximum absolute atomic E-state index is 11.3. The van der Waals surface area contributed by atoms with Crippen LogP contribution in [0.1, 0.15) is 11.3 Å². The molecule has 1 saturated heterocycles. The van der Waals surface area contributed by atoms with E-state index in [1.54, 1.807) is 11.3 Å². The lowest BCUT2D eigenvalue weighted by molar-refractivity contribution is 0.184. The van der Waals surface area contributed by atoms with Crippen LogP contribution >= 0.6 is 11.3 Å². The van der Waals surface area contributed by atoms with Crippen molar-refractivity contribution < 1.29 is 4.79 Å². The molecule has 2 amide bonds. The summed E-state index contributed by atoms with van der Waals surface area (Å²) >= 11 is 1.70. The van der Waals surface area contributed by atoms with Crippen LogP contribution in [-0.2, 0) is 6.54 Å². The number of thiophene rings is 1. The Morgan fingerprint density at radius 3 is 3.23 bits per heavy atom. The Labute approximate surface area is 81.4 Å². The molecule has 0 unspecified atom stereocenters. The number of nitrogens with one attached hydrogen (secondary N) is 1. The van der Waals surface area contributed by atoms with E-state index < -0.39 is 0 Å². The molecule has 0 aliphatic carbocycles. The van der Waals surface area contributed by atoms with E-state index in [-0.39, 0.29) is 6.03 Å². The van der Waals surface area contributed by atoms with E-state index in [2.05, 4.69) is 11.4 Å². The number of hydrogen-bond donors (Lipinski definition) is 1. The summed E-state index contributed by atoms with van der Waals surface area (Å²) in [6.45, 7) is 2.45. The van der Waals surface area contributed by atoms with Crippen molar-refractivity contribution in [2.24, 2.45) is 0 Å². The van der Waals surface area contributed by atoms with Gasteiger partial charge in [0.25, 0.3) is 0 Å². The van der Waals surface area contributed by atoms with E-state index in [1.165, 1.54) is 4.88 Å². The molecule has 0 bridgehead atoms. The molecule has 70 valence electrons. The van der Waals surface area contributed by atoms with E-state index in [0.717, 1.165) is 26.1 Å². The summed E-state index contributed by atoms with van der Waals surface area (Å²) in [5.74, 6) is 0. The molecule has 0 radical (unpaired) electrons. The van der Waals surface area contributed by atoms with Crippen molar-refractivity contribution in [1.29, 1.82) is 0 Å². The maximum atomic E-state index is 11.3. The van der Waals surface area contributed by atoms with Crippen molar-refractivity contribution >= 4 is 17.4 Å². The number of rotatable bonds is 2. The van der Waals surface area contributed by atoms with Gasteiger partial charge in [0.1, 0.15) is 0 Å². The zero-order chi connectivity index (χ0) is 9.10. The van der Waals surface area contributed by atoms with Crippen LogP contribution < -0.4 is 5.32 Å². The first-order valence-electron chi connectivity index (χ1n) is 4.41. The Kier molecular flexibility index (Phi) is 2.49. The minimum Gasteiger partial charge on any atom is -0.338 e. The quantitative estimate of drug-likeness (QED) is 0.766. The third-order valence-electron chi connectivity index (χ3n) is 2.10. The molecule has 2 heterocycles. The number of carbonyl (C=O) groups is 1. The van der Waals surface area contributed by atoms with Crippen molar-refractivity contribution in [3.8, 4) is 0 Å². The van der Waals surface area contributed by atoms with Gasteiger partial charge in [-0.1, -0.05) is 6.07 Å². The zero-order valence-corrected chi connectivity index (χ0v) is 8.14. The molecule has 1 N–H and O–H groups in total. The number of nitrogens with zero attached hydrogens (tertiary/aromatic N) is 1. The fourth-order valence-corrected chi connectivity index (χ4v) is 2.14. The first-order valence-corrected chi connectivity index (χ1v) is 5.29. The molecular weight excluding hydrogens is 184 g/mol. The standard InChI is InChI=1S/C9H12N2OS/c12-9-10-4-2-5-11(9)7-8-3-1-6-13-8/h1,3,6H,2,4-5,7H2,(H,10,12). The lowest BCUT2D eigenvalue weighted by Crippen LogP contribution is -2.45. The van der Waals surface area contributed by atoms with Gasteiger partial charge in [-0.25, -0.2) is 4.79 Å². The van der Waals surface area contributed by atoms with Crippen molar-refractivity contribution in [3.63, 3.8) is 0 Å². The van der Waals surface area contributed by atoms with Gasteiger partial charge in [0.05, 0.1) is 6.54 Å². The van der Waals surface area contributed by atoms with Crippen LogP contribution in [0.5, 0.6) is 0 Å². The Morgan fingerprint density at radius 2 is 2.54 bits per heavy atom. The summed E-state index contributed by atoms with van der Waals surface area (Å²) in [5, 5.41) is 4.88. The molecule has 1 aromatic rings. The van der Waals surface area contributed by atoms with Gasteiger partial charge in [-0.2, -0.15) is 0 Å². The number of carbonyl (C=O) groups excluding carboxylic acids is 1. The molecule has 0 aromatic carbocycles. The normalized spacial score (nSPS) is 17.2. The molecule has 0 spiro atoms. The Bertz CT molecular complexity index is 284. The summed E-state index contributed by atoms with van der Waals surface area (Å²) in [7, 11) is 0. The lowest BCUT2D eigenvalue weighted by atomic mass is 10.3. The summed E-state index contributed by atoms with van der Waals surface area (Å²) in [4.78, 5) is 14.4. The minimum absolute atomic E-state index is 0.0691. The second-order valence-electron chi connectivity index (χ2n) is 3.09. The van der Waals surface area contributed by atoms with E-state index >= 15 is 0 Å². The average Bonchev–Trinajstić information content (AvgIpc) is 2.61. The highest BCUT2D eigenvalue weighted by Crippen LogP contribution is 2.13. The second-order valence-corrected chi connectivity index (χ2v) is 4.12. The lowest BCUT2D eigenvalue weighted by Gasteiger charge is -2.26. The van der Waals surface area contributed by atoms with E-state index in [1.807, 2.05) is 16.3 Å². The van der Waals surface area contributed by atoms with Crippen molar-refractivity contribution in [2.45, 2.75) is 13.0 Å². The molecular formula is C9H12N2OS. The van der Waals surface area contributed by atoms with Crippen LogP contribution in [0.15, 0.2) is 17.5 Å². The van der Waals surface area contributed by atoms with Gasteiger partial charge in [-0.15, -0.1) is 11.3 Å². The molecule has 0 saturated carbocycles. The topological polar surface area (TPSA) is 32.3 Å². The van der Waals surface area contributed by atoms with Gasteiger partial charge in [-0.3, -0.25) is 0 Å². The van der Waals surface area contributed by atoms with Gasteiger partial charge >= 0.3 is 6.03 Å². The molecule has 1 aliphatic heterocycles. The third kappa shape index (κ3) is 2.01. The largest absolute Gasteiger partial charge is 0.338 e. The molecule has 13 heavy (non-hydrogen) atoms. The summed E-state index contributed by atoms with van der Waals surface area (Å²) in [5.41, 5.74) is 0. The molecule has 1 fully saturated rings. The molecule has 1 aromatic heterocycles. The fraction of sp³-hybridized carbons (Fsp3) is 0.444. The number of urea groups is 1. The van der Waals surface area contributed by atoms with Gasteiger partial charge in [0.15, 0.2) is 0 Å². The monoisotopic (exact) mass is 196 g/mol. The second kappa shape index (κ2) is 3.79. The molecule has 1 aliphatic rings. The van der Waals surface area contributed by atoms with Crippen LogP contribution in [0.3, 0.4) is 0 Å². The van der Waals surface area contributed by atoms with Crippen LogP contribution in [0, 0.1) is 0 Å². The number of amides is 2. The Morgan fingerprint density at radius 1 is 1.62 bits per heavy atom. The fourth-order valence-electron chi connectivity index (χ4n) is 1.42.